The summed E-state index contributed by atoms with van der Waals surface area (Å²) in [6.45, 7) is 0. The van der Waals surface area contributed by atoms with Gasteiger partial charge in [0, 0.05) is 17.6 Å². The summed E-state index contributed by atoms with van der Waals surface area (Å²) in [5.74, 6) is -0.0661. The first-order valence-corrected chi connectivity index (χ1v) is 9.70. The number of anilines is 1. The summed E-state index contributed by atoms with van der Waals surface area (Å²) >= 11 is 1.63. The van der Waals surface area contributed by atoms with Gasteiger partial charge in [-0.3, -0.25) is 9.59 Å². The van der Waals surface area contributed by atoms with Crippen LogP contribution in [0.1, 0.15) is 51.4 Å². The SMILES string of the molecule is CNC(=O)Cc1ccc(NC(=O)c2cc3c(s2)CCCCCC3)cc1. The number of likely N-dealkylation sites (N-methyl/N-ethyl adjacent to an activating group) is 1. The largest absolute Gasteiger partial charge is 0.359 e. The lowest BCUT2D eigenvalue weighted by Crippen LogP contribution is -2.19. The number of amides is 2. The number of nitrogens with one attached hydrogen (secondary N) is 2. The molecule has 4 nitrogen and oxygen atoms in total. The van der Waals surface area contributed by atoms with Crippen LogP contribution in [0.25, 0.3) is 0 Å². The summed E-state index contributed by atoms with van der Waals surface area (Å²) in [7, 11) is 1.63. The minimum absolute atomic E-state index is 0.0206. The minimum atomic E-state index is -0.0456. The predicted octanol–water partition coefficient (Wildman–Crippen LogP) is 3.95. The van der Waals surface area contributed by atoms with Gasteiger partial charge >= 0.3 is 0 Å². The highest BCUT2D eigenvalue weighted by Crippen LogP contribution is 2.29. The van der Waals surface area contributed by atoms with Crippen LogP contribution in [0.2, 0.25) is 0 Å². The Morgan fingerprint density at radius 3 is 2.48 bits per heavy atom. The van der Waals surface area contributed by atoms with Gasteiger partial charge in [-0.1, -0.05) is 25.0 Å². The molecule has 132 valence electrons. The van der Waals surface area contributed by atoms with Crippen molar-refractivity contribution in [3.63, 3.8) is 0 Å². The molecule has 2 amide bonds. The van der Waals surface area contributed by atoms with Crippen molar-refractivity contribution in [1.82, 2.24) is 5.32 Å². The molecule has 3 rings (SSSR count). The van der Waals surface area contributed by atoms with Crippen LogP contribution in [0, 0.1) is 0 Å². The van der Waals surface area contributed by atoms with Crippen LogP contribution < -0.4 is 10.6 Å². The summed E-state index contributed by atoms with van der Waals surface area (Å²) in [6.07, 6.45) is 7.57. The first-order chi connectivity index (χ1) is 12.2. The number of carbonyl (C=O) groups is 2. The zero-order chi connectivity index (χ0) is 17.6. The van der Waals surface area contributed by atoms with Crippen LogP contribution in [0.3, 0.4) is 0 Å². The van der Waals surface area contributed by atoms with Crippen molar-refractivity contribution in [2.24, 2.45) is 0 Å². The van der Waals surface area contributed by atoms with Crippen molar-refractivity contribution in [2.75, 3.05) is 12.4 Å². The van der Waals surface area contributed by atoms with E-state index >= 15 is 0 Å². The maximum absolute atomic E-state index is 12.5. The lowest BCUT2D eigenvalue weighted by molar-refractivity contribution is -0.119. The summed E-state index contributed by atoms with van der Waals surface area (Å²) in [6, 6.07) is 9.51. The van der Waals surface area contributed by atoms with Crippen LogP contribution in [-0.4, -0.2) is 18.9 Å². The second-order valence-corrected chi connectivity index (χ2v) is 7.61. The maximum Gasteiger partial charge on any atom is 0.265 e. The second-order valence-electron chi connectivity index (χ2n) is 6.47. The van der Waals surface area contributed by atoms with E-state index in [1.165, 1.54) is 36.1 Å². The van der Waals surface area contributed by atoms with Gasteiger partial charge in [0.2, 0.25) is 5.91 Å². The molecule has 1 aliphatic rings. The van der Waals surface area contributed by atoms with Gasteiger partial charge in [-0.2, -0.15) is 0 Å². The van der Waals surface area contributed by atoms with Gasteiger partial charge in [0.05, 0.1) is 11.3 Å². The first-order valence-electron chi connectivity index (χ1n) is 8.88. The van der Waals surface area contributed by atoms with E-state index in [1.807, 2.05) is 24.3 Å². The minimum Gasteiger partial charge on any atom is -0.359 e. The van der Waals surface area contributed by atoms with Crippen molar-refractivity contribution in [3.8, 4) is 0 Å². The van der Waals surface area contributed by atoms with E-state index in [2.05, 4.69) is 16.7 Å². The molecule has 0 saturated heterocycles. The average Bonchev–Trinajstić information content (AvgIpc) is 2.98. The molecular formula is C20H24N2O2S. The van der Waals surface area contributed by atoms with Gasteiger partial charge in [0.15, 0.2) is 0 Å². The number of benzene rings is 1. The fourth-order valence-electron chi connectivity index (χ4n) is 3.13. The summed E-state index contributed by atoms with van der Waals surface area (Å²) in [5.41, 5.74) is 3.04. The average molecular weight is 356 g/mol. The molecule has 25 heavy (non-hydrogen) atoms. The topological polar surface area (TPSA) is 58.2 Å². The van der Waals surface area contributed by atoms with Gasteiger partial charge in [-0.05, 0) is 55.0 Å². The fourth-order valence-corrected chi connectivity index (χ4v) is 4.28. The Kier molecular flexibility index (Phi) is 5.87. The van der Waals surface area contributed by atoms with Gasteiger partial charge in [0.1, 0.15) is 0 Å². The Morgan fingerprint density at radius 1 is 1.04 bits per heavy atom. The molecule has 0 spiro atoms. The number of rotatable bonds is 4. The number of hydrogen-bond acceptors (Lipinski definition) is 3. The van der Waals surface area contributed by atoms with Crippen LogP contribution in [-0.2, 0) is 24.1 Å². The van der Waals surface area contributed by atoms with E-state index < -0.39 is 0 Å². The third kappa shape index (κ3) is 4.69. The molecular weight excluding hydrogens is 332 g/mol. The molecule has 1 aromatic carbocycles. The fraction of sp³-hybridized carbons (Fsp3) is 0.400. The van der Waals surface area contributed by atoms with E-state index in [0.29, 0.717) is 6.42 Å². The standard InChI is InChI=1S/C20H24N2O2S/c1-21-19(23)12-14-8-10-16(11-9-14)22-20(24)18-13-15-6-4-2-3-5-7-17(15)25-18/h8-11,13H,2-7,12H2,1H3,(H,21,23)(H,22,24). The quantitative estimate of drug-likeness (QED) is 0.871. The van der Waals surface area contributed by atoms with Gasteiger partial charge in [0.25, 0.3) is 5.91 Å². The lowest BCUT2D eigenvalue weighted by atomic mass is 10.00. The third-order valence-corrected chi connectivity index (χ3v) is 5.81. The van der Waals surface area contributed by atoms with Crippen LogP contribution in [0.5, 0.6) is 0 Å². The molecule has 1 aromatic heterocycles. The predicted molar refractivity (Wildman–Crippen MR) is 102 cm³/mol. The van der Waals surface area contributed by atoms with Gasteiger partial charge in [-0.25, -0.2) is 0 Å². The normalized spacial score (nSPS) is 14.1. The second kappa shape index (κ2) is 8.30. The number of hydrogen-bond donors (Lipinski definition) is 2. The smallest absolute Gasteiger partial charge is 0.265 e. The summed E-state index contributed by atoms with van der Waals surface area (Å²) < 4.78 is 0. The maximum atomic E-state index is 12.5. The van der Waals surface area contributed by atoms with Crippen molar-refractivity contribution in [2.45, 2.75) is 44.9 Å². The monoisotopic (exact) mass is 356 g/mol. The van der Waals surface area contributed by atoms with Gasteiger partial charge in [-0.15, -0.1) is 11.3 Å². The number of carbonyl (C=O) groups excluding carboxylic acids is 2. The Labute approximate surface area is 152 Å². The molecule has 5 heteroatoms. The lowest BCUT2D eigenvalue weighted by Gasteiger charge is -2.07. The van der Waals surface area contributed by atoms with Crippen molar-refractivity contribution in [1.29, 1.82) is 0 Å². The van der Waals surface area contributed by atoms with Crippen molar-refractivity contribution >= 4 is 28.8 Å². The summed E-state index contributed by atoms with van der Waals surface area (Å²) in [5, 5.41) is 5.57. The molecule has 0 aliphatic heterocycles. The van der Waals surface area contributed by atoms with E-state index in [1.54, 1.807) is 18.4 Å². The number of aryl methyl sites for hydroxylation is 2. The molecule has 0 saturated carbocycles. The molecule has 1 heterocycles. The molecule has 0 unspecified atom stereocenters. The highest BCUT2D eigenvalue weighted by molar-refractivity contribution is 7.14. The molecule has 1 aliphatic carbocycles. The first kappa shape index (κ1) is 17.7. The van der Waals surface area contributed by atoms with Crippen LogP contribution in [0.4, 0.5) is 5.69 Å². The highest BCUT2D eigenvalue weighted by Gasteiger charge is 2.16. The molecule has 0 bridgehead atoms. The third-order valence-electron chi connectivity index (χ3n) is 4.58. The molecule has 0 fully saturated rings. The molecule has 2 aromatic rings. The number of thiophene rings is 1. The molecule has 0 radical (unpaired) electrons. The van der Waals surface area contributed by atoms with E-state index in [0.717, 1.165) is 29.0 Å². The van der Waals surface area contributed by atoms with Crippen molar-refractivity contribution < 1.29 is 9.59 Å². The Morgan fingerprint density at radius 2 is 1.76 bits per heavy atom. The van der Waals surface area contributed by atoms with E-state index in [9.17, 15) is 9.59 Å². The zero-order valence-electron chi connectivity index (χ0n) is 14.6. The zero-order valence-corrected chi connectivity index (χ0v) is 15.4. The molecule has 2 N–H and O–H groups in total. The Bertz CT molecular complexity index is 724. The van der Waals surface area contributed by atoms with E-state index in [-0.39, 0.29) is 11.8 Å². The number of fused-ring (bicyclic) bond motifs is 1. The van der Waals surface area contributed by atoms with Crippen LogP contribution >= 0.6 is 11.3 Å². The highest BCUT2D eigenvalue weighted by atomic mass is 32.1. The summed E-state index contributed by atoms with van der Waals surface area (Å²) in [4.78, 5) is 26.1. The van der Waals surface area contributed by atoms with Crippen molar-refractivity contribution in [3.05, 3.63) is 51.2 Å². The van der Waals surface area contributed by atoms with Gasteiger partial charge < -0.3 is 10.6 Å². The van der Waals surface area contributed by atoms with E-state index in [4.69, 9.17) is 0 Å². The Hall–Kier alpha value is -2.14. The molecule has 0 atom stereocenters. The Balaban J connectivity index is 1.65. The van der Waals surface area contributed by atoms with Crippen LogP contribution in [0.15, 0.2) is 30.3 Å².